The molecule has 0 unspecified atom stereocenters. The number of halogens is 2. The van der Waals surface area contributed by atoms with E-state index in [0.29, 0.717) is 0 Å². The predicted molar refractivity (Wildman–Crippen MR) is 158 cm³/mol. The summed E-state index contributed by atoms with van der Waals surface area (Å²) in [5.41, 5.74) is 1.14. The van der Waals surface area contributed by atoms with Gasteiger partial charge in [-0.25, -0.2) is 0 Å². The van der Waals surface area contributed by atoms with Gasteiger partial charge in [-0.05, 0) is 67.5 Å². The van der Waals surface area contributed by atoms with E-state index in [-0.39, 0.29) is 15.9 Å². The van der Waals surface area contributed by atoms with Crippen molar-refractivity contribution < 1.29 is 20.7 Å². The van der Waals surface area contributed by atoms with E-state index in [4.69, 9.17) is 23.8 Å². The number of hydrogen-bond acceptors (Lipinski definition) is 2. The van der Waals surface area contributed by atoms with Crippen molar-refractivity contribution in [3.63, 3.8) is 0 Å². The average molecular weight is 643 g/mol. The van der Waals surface area contributed by atoms with Crippen LogP contribution in [0.25, 0.3) is 0 Å². The van der Waals surface area contributed by atoms with Crippen LogP contribution in [0.1, 0.15) is 24.8 Å². The third-order valence-corrected chi connectivity index (χ3v) is 8.22. The first-order valence-corrected chi connectivity index (χ1v) is 17.5. The van der Waals surface area contributed by atoms with E-state index in [0.717, 1.165) is 24.4 Å². The molecule has 0 N–H and O–H groups in total. The van der Waals surface area contributed by atoms with E-state index in [1.807, 2.05) is 24.3 Å². The third kappa shape index (κ3) is 10.5. The van der Waals surface area contributed by atoms with Gasteiger partial charge < -0.3 is 4.74 Å². The largest absolute Gasteiger partial charge is 0.0622 e. The van der Waals surface area contributed by atoms with Crippen molar-refractivity contribution in [2.45, 2.75) is 19.3 Å². The monoisotopic (exact) mass is 641 g/mol. The topological polar surface area (TPSA) is 12.5 Å². The van der Waals surface area contributed by atoms with Gasteiger partial charge in [0, 0.05) is 0 Å². The van der Waals surface area contributed by atoms with Gasteiger partial charge in [-0.2, -0.15) is 0 Å². The van der Waals surface area contributed by atoms with Crippen molar-refractivity contribution in [3.05, 3.63) is 127 Å². The summed E-state index contributed by atoms with van der Waals surface area (Å²) >= 11 is -0.106. The molecule has 4 aromatic rings. The molecule has 6 heteroatoms. The number of piperidine rings is 1. The van der Waals surface area contributed by atoms with Crippen molar-refractivity contribution in [2.75, 3.05) is 20.2 Å². The minimum absolute atomic E-state index is 0.106. The van der Waals surface area contributed by atoms with Gasteiger partial charge in [0.1, 0.15) is 5.75 Å². The van der Waals surface area contributed by atoms with Crippen LogP contribution >= 0.6 is 27.0 Å². The molecule has 0 amide bonds. The molecule has 4 aromatic carbocycles. The summed E-state index contributed by atoms with van der Waals surface area (Å²) < 4.78 is 5.12. The molecule has 0 aromatic heterocycles. The van der Waals surface area contributed by atoms with Crippen molar-refractivity contribution in [1.29, 1.82) is 0 Å². The van der Waals surface area contributed by atoms with E-state index in [1.54, 1.807) is 7.11 Å². The first-order chi connectivity index (χ1) is 18.2. The SMILES string of the molecule is COc1ccc([C]N2CCCCC2)cc1.[Cl][Pd][Cl].c1ccc(P(c2ccccc2)c2ccccc2)cc1. The van der Waals surface area contributed by atoms with Crippen molar-refractivity contribution in [2.24, 2.45) is 0 Å². The molecule has 1 aliphatic rings. The van der Waals surface area contributed by atoms with Crippen LogP contribution in [-0.4, -0.2) is 25.1 Å². The Morgan fingerprint density at radius 2 is 1.05 bits per heavy atom. The minimum Gasteiger partial charge on any atom is -0.0622 e. The second-order valence-corrected chi connectivity index (χ2v) is 12.9. The maximum Gasteiger partial charge on any atom is -0.0134 e. The molecule has 1 aliphatic heterocycles. The first kappa shape index (κ1) is 29.9. The number of benzene rings is 4. The Labute approximate surface area is 239 Å². The quantitative estimate of drug-likeness (QED) is 0.161. The smallest absolute Gasteiger partial charge is 0.0134 e. The minimum atomic E-state index is -0.446. The molecule has 196 valence electrons. The van der Waals surface area contributed by atoms with Crippen LogP contribution < -0.4 is 20.7 Å². The summed E-state index contributed by atoms with van der Waals surface area (Å²) in [5, 5.41) is 4.19. The summed E-state index contributed by atoms with van der Waals surface area (Å²) in [5.74, 6) is 0.902. The number of hydrogen-bond donors (Lipinski definition) is 0. The summed E-state index contributed by atoms with van der Waals surface area (Å²) in [6.07, 6.45) is 3.95. The van der Waals surface area contributed by atoms with Crippen LogP contribution in [0.4, 0.5) is 0 Å². The van der Waals surface area contributed by atoms with Crippen molar-refractivity contribution in [3.8, 4) is 5.75 Å². The van der Waals surface area contributed by atoms with E-state index in [9.17, 15) is 0 Å². The summed E-state index contributed by atoms with van der Waals surface area (Å²) in [7, 11) is 10.9. The Hall–Kier alpha value is -1.69. The Balaban J connectivity index is 0.000000190. The molecule has 1 heterocycles. The molecule has 0 aliphatic carbocycles. The zero-order chi connectivity index (χ0) is 26.1. The maximum absolute atomic E-state index is 5.12. The maximum atomic E-state index is 5.12. The molecule has 1 saturated heterocycles. The second-order valence-electron chi connectivity index (χ2n) is 8.28. The van der Waals surface area contributed by atoms with E-state index in [1.165, 1.54) is 35.2 Å². The Bertz CT molecular complexity index is 1020. The number of rotatable bonds is 6. The molecule has 2 nitrogen and oxygen atoms in total. The number of ether oxygens (including phenoxy) is 1. The van der Waals surface area contributed by atoms with Gasteiger partial charge in [-0.15, -0.1) is 0 Å². The predicted octanol–water partition coefficient (Wildman–Crippen LogP) is 7.39. The van der Waals surface area contributed by atoms with Crippen LogP contribution in [0, 0.1) is 6.54 Å². The molecule has 0 atom stereocenters. The molecule has 5 rings (SSSR count). The fourth-order valence-electron chi connectivity index (χ4n) is 4.03. The van der Waals surface area contributed by atoms with E-state index >= 15 is 0 Å². The molecular weight excluding hydrogens is 611 g/mol. The first-order valence-electron chi connectivity index (χ1n) is 12.2. The number of likely N-dealkylation sites (tertiary alicyclic amines) is 1. The molecular formula is C31H32Cl2NOPPd. The van der Waals surface area contributed by atoms with Crippen LogP contribution in [0.5, 0.6) is 5.75 Å². The normalized spacial score (nSPS) is 13.2. The number of nitrogens with zero attached hydrogens (tertiary/aromatic N) is 1. The van der Waals surface area contributed by atoms with Gasteiger partial charge in [0.2, 0.25) is 0 Å². The molecule has 0 bridgehead atoms. The summed E-state index contributed by atoms with van der Waals surface area (Å²) in [6.45, 7) is 5.70. The zero-order valence-corrected chi connectivity index (χ0v) is 24.8. The third-order valence-electron chi connectivity index (χ3n) is 5.78. The van der Waals surface area contributed by atoms with Crippen molar-refractivity contribution >= 4 is 42.9 Å². The van der Waals surface area contributed by atoms with Gasteiger partial charge in [0.15, 0.2) is 0 Å². The van der Waals surface area contributed by atoms with Gasteiger partial charge in [-0.1, -0.05) is 110 Å². The molecule has 0 saturated carbocycles. The Morgan fingerprint density at radius 1 is 0.649 bits per heavy atom. The standard InChI is InChI=1S/C18H15P.C13H17NO.2ClH.Pd/c1-4-10-16(11-5-1)19(17-12-6-2-7-13-17)18-14-8-3-9-15-18;1-15-13-7-5-12(6-8-13)11-14-9-3-2-4-10-14;;;/h1-15H;5-8H,2-4,9-10H2,1H3;2*1H;/q;;;;+2/p-2. The van der Waals surface area contributed by atoms with E-state index < -0.39 is 7.92 Å². The zero-order valence-electron chi connectivity index (χ0n) is 20.9. The van der Waals surface area contributed by atoms with Crippen LogP contribution in [-0.2, 0) is 15.9 Å². The van der Waals surface area contributed by atoms with Gasteiger partial charge in [-0.3, -0.25) is 4.90 Å². The van der Waals surface area contributed by atoms with E-state index in [2.05, 4.69) is 102 Å². The van der Waals surface area contributed by atoms with Crippen LogP contribution in [0.3, 0.4) is 0 Å². The van der Waals surface area contributed by atoms with Gasteiger partial charge in [0.05, 0.1) is 13.7 Å². The molecule has 37 heavy (non-hydrogen) atoms. The average Bonchev–Trinajstić information content (AvgIpc) is 2.97. The fourth-order valence-corrected chi connectivity index (χ4v) is 6.34. The summed E-state index contributed by atoms with van der Waals surface area (Å²) in [6, 6.07) is 40.4. The fraction of sp³-hybridized carbons (Fsp3) is 0.194. The second kappa shape index (κ2) is 17.8. The van der Waals surface area contributed by atoms with Gasteiger partial charge in [0.25, 0.3) is 0 Å². The molecule has 2 radical (unpaired) electrons. The Kier molecular flexibility index (Phi) is 14.3. The van der Waals surface area contributed by atoms with Crippen LogP contribution in [0.2, 0.25) is 0 Å². The number of methoxy groups -OCH3 is 1. The van der Waals surface area contributed by atoms with Gasteiger partial charge >= 0.3 is 35.0 Å². The van der Waals surface area contributed by atoms with Crippen LogP contribution in [0.15, 0.2) is 115 Å². The summed E-state index contributed by atoms with van der Waals surface area (Å²) in [4.78, 5) is 2.28. The Morgan fingerprint density at radius 3 is 1.43 bits per heavy atom. The van der Waals surface area contributed by atoms with Crippen molar-refractivity contribution in [1.82, 2.24) is 4.90 Å². The molecule has 1 fully saturated rings. The molecule has 0 spiro atoms.